The summed E-state index contributed by atoms with van der Waals surface area (Å²) in [5.74, 6) is -0.0953. The highest BCUT2D eigenvalue weighted by Crippen LogP contribution is 2.23. The molecule has 1 aromatic rings. The molecule has 0 saturated carbocycles. The van der Waals surface area contributed by atoms with E-state index in [9.17, 15) is 9.59 Å². The average molecular weight is 244 g/mol. The molecule has 94 valence electrons. The number of carbonyl (C=O) groups excluding carboxylic acids is 2. The number of rotatable bonds is 3. The van der Waals surface area contributed by atoms with E-state index >= 15 is 0 Å². The molecule has 1 aliphatic rings. The summed E-state index contributed by atoms with van der Waals surface area (Å²) in [6.07, 6.45) is 2.83. The highest BCUT2D eigenvalue weighted by molar-refractivity contribution is 5.98. The van der Waals surface area contributed by atoms with E-state index in [4.69, 9.17) is 0 Å². The van der Waals surface area contributed by atoms with E-state index in [1.165, 1.54) is 0 Å². The quantitative estimate of drug-likeness (QED) is 0.797. The molecule has 2 N–H and O–H groups in total. The van der Waals surface area contributed by atoms with Crippen molar-refractivity contribution in [1.82, 2.24) is 5.32 Å². The predicted molar refractivity (Wildman–Crippen MR) is 70.5 cm³/mol. The molecule has 0 aromatic heterocycles. The molecule has 4 heteroatoms. The molecule has 1 atom stereocenters. The Bertz CT molecular complexity index is 509. The van der Waals surface area contributed by atoms with Gasteiger partial charge in [-0.3, -0.25) is 9.59 Å². The summed E-state index contributed by atoms with van der Waals surface area (Å²) in [5, 5.41) is 5.61. The third-order valence-electron chi connectivity index (χ3n) is 2.98. The van der Waals surface area contributed by atoms with E-state index in [-0.39, 0.29) is 17.9 Å². The van der Waals surface area contributed by atoms with Crippen LogP contribution in [0.1, 0.15) is 29.3 Å². The number of benzene rings is 1. The smallest absolute Gasteiger partial charge is 0.251 e. The van der Waals surface area contributed by atoms with Crippen LogP contribution in [0.15, 0.2) is 30.9 Å². The van der Waals surface area contributed by atoms with Gasteiger partial charge in [0.2, 0.25) is 5.91 Å². The van der Waals surface area contributed by atoms with Crippen LogP contribution in [0.2, 0.25) is 0 Å². The van der Waals surface area contributed by atoms with Crippen LogP contribution in [0.25, 0.3) is 0 Å². The van der Waals surface area contributed by atoms with Gasteiger partial charge in [-0.25, -0.2) is 0 Å². The average Bonchev–Trinajstić information content (AvgIpc) is 2.37. The third kappa shape index (κ3) is 2.59. The van der Waals surface area contributed by atoms with Crippen LogP contribution >= 0.6 is 0 Å². The molecule has 0 spiro atoms. The van der Waals surface area contributed by atoms with Crippen LogP contribution in [-0.4, -0.2) is 17.9 Å². The maximum absolute atomic E-state index is 11.9. The lowest BCUT2D eigenvalue weighted by atomic mass is 10.00. The molecular formula is C14H16N2O2. The Balaban J connectivity index is 2.18. The lowest BCUT2D eigenvalue weighted by Crippen LogP contribution is -2.31. The molecule has 1 heterocycles. The van der Waals surface area contributed by atoms with Crippen molar-refractivity contribution in [2.75, 3.05) is 5.32 Å². The monoisotopic (exact) mass is 244 g/mol. The van der Waals surface area contributed by atoms with E-state index in [0.29, 0.717) is 18.4 Å². The lowest BCUT2D eigenvalue weighted by molar-refractivity contribution is -0.116. The van der Waals surface area contributed by atoms with Crippen molar-refractivity contribution >= 4 is 17.5 Å². The molecule has 18 heavy (non-hydrogen) atoms. The van der Waals surface area contributed by atoms with Crippen molar-refractivity contribution in [2.24, 2.45) is 0 Å². The molecule has 4 nitrogen and oxygen atoms in total. The zero-order valence-electron chi connectivity index (χ0n) is 10.3. The lowest BCUT2D eigenvalue weighted by Gasteiger charge is -2.17. The molecule has 0 radical (unpaired) electrons. The van der Waals surface area contributed by atoms with Gasteiger partial charge in [-0.1, -0.05) is 6.08 Å². The van der Waals surface area contributed by atoms with Crippen molar-refractivity contribution in [1.29, 1.82) is 0 Å². The van der Waals surface area contributed by atoms with Gasteiger partial charge < -0.3 is 10.6 Å². The molecule has 0 fully saturated rings. The van der Waals surface area contributed by atoms with Crippen LogP contribution in [0.4, 0.5) is 5.69 Å². The zero-order valence-corrected chi connectivity index (χ0v) is 10.3. The predicted octanol–water partition coefficient (Wildman–Crippen LogP) is 1.88. The van der Waals surface area contributed by atoms with Gasteiger partial charge in [0.15, 0.2) is 0 Å². The number of fused-ring (bicyclic) bond motifs is 1. The van der Waals surface area contributed by atoms with Gasteiger partial charge >= 0.3 is 0 Å². The van der Waals surface area contributed by atoms with Gasteiger partial charge in [-0.15, -0.1) is 6.58 Å². The van der Waals surface area contributed by atoms with Crippen molar-refractivity contribution in [2.45, 2.75) is 25.8 Å². The van der Waals surface area contributed by atoms with Gasteiger partial charge in [-0.05, 0) is 37.1 Å². The van der Waals surface area contributed by atoms with E-state index < -0.39 is 0 Å². The number of carbonyl (C=O) groups is 2. The van der Waals surface area contributed by atoms with E-state index in [2.05, 4.69) is 17.2 Å². The maximum Gasteiger partial charge on any atom is 0.251 e. The second-order valence-corrected chi connectivity index (χ2v) is 4.42. The topological polar surface area (TPSA) is 58.2 Å². The van der Waals surface area contributed by atoms with Crippen molar-refractivity contribution < 1.29 is 9.59 Å². The summed E-state index contributed by atoms with van der Waals surface area (Å²) in [6, 6.07) is 5.27. The Morgan fingerprint density at radius 3 is 3.00 bits per heavy atom. The molecule has 1 unspecified atom stereocenters. The van der Waals surface area contributed by atoms with E-state index in [0.717, 1.165) is 11.3 Å². The molecule has 0 bridgehead atoms. The first kappa shape index (κ1) is 12.4. The highest BCUT2D eigenvalue weighted by atomic mass is 16.2. The zero-order chi connectivity index (χ0) is 13.1. The minimum atomic E-state index is -0.123. The van der Waals surface area contributed by atoms with Crippen LogP contribution < -0.4 is 10.6 Å². The van der Waals surface area contributed by atoms with Crippen LogP contribution in [0, 0.1) is 0 Å². The van der Waals surface area contributed by atoms with Crippen LogP contribution in [0.5, 0.6) is 0 Å². The van der Waals surface area contributed by atoms with Gasteiger partial charge in [-0.2, -0.15) is 0 Å². The van der Waals surface area contributed by atoms with Gasteiger partial charge in [0, 0.05) is 23.7 Å². The molecular weight excluding hydrogens is 228 g/mol. The molecule has 1 aromatic carbocycles. The fourth-order valence-corrected chi connectivity index (χ4v) is 1.87. The Kier molecular flexibility index (Phi) is 3.46. The molecule has 2 amide bonds. The Labute approximate surface area is 106 Å². The number of amides is 2. The highest BCUT2D eigenvalue weighted by Gasteiger charge is 2.16. The number of aryl methyl sites for hydroxylation is 1. The third-order valence-corrected chi connectivity index (χ3v) is 2.98. The summed E-state index contributed by atoms with van der Waals surface area (Å²) in [5.41, 5.74) is 2.42. The summed E-state index contributed by atoms with van der Waals surface area (Å²) in [6.45, 7) is 5.49. The number of hydrogen-bond acceptors (Lipinski definition) is 2. The minimum absolute atomic E-state index is 0.0278. The summed E-state index contributed by atoms with van der Waals surface area (Å²) in [7, 11) is 0. The van der Waals surface area contributed by atoms with Crippen molar-refractivity contribution in [3.63, 3.8) is 0 Å². The van der Waals surface area contributed by atoms with Gasteiger partial charge in [0.1, 0.15) is 0 Å². The first-order valence-corrected chi connectivity index (χ1v) is 5.96. The normalized spacial score (nSPS) is 15.3. The molecule has 1 aliphatic heterocycles. The van der Waals surface area contributed by atoms with Gasteiger partial charge in [0.25, 0.3) is 5.91 Å². The van der Waals surface area contributed by atoms with Crippen LogP contribution in [0.3, 0.4) is 0 Å². The standard InChI is InChI=1S/C14H16N2O2/c1-3-9(2)15-14(18)11-4-6-12-10(8-11)5-7-13(17)16-12/h3-4,6,8-9H,1,5,7H2,2H3,(H,15,18)(H,16,17). The maximum atomic E-state index is 11.9. The molecule has 0 aliphatic carbocycles. The second-order valence-electron chi connectivity index (χ2n) is 4.42. The molecule has 2 rings (SSSR count). The largest absolute Gasteiger partial charge is 0.346 e. The summed E-state index contributed by atoms with van der Waals surface area (Å²) in [4.78, 5) is 23.1. The second kappa shape index (κ2) is 5.04. The number of hydrogen-bond donors (Lipinski definition) is 2. The fraction of sp³-hybridized carbons (Fsp3) is 0.286. The minimum Gasteiger partial charge on any atom is -0.346 e. The first-order valence-electron chi connectivity index (χ1n) is 5.96. The Morgan fingerprint density at radius 2 is 2.28 bits per heavy atom. The Hall–Kier alpha value is -2.10. The number of nitrogens with one attached hydrogen (secondary N) is 2. The Morgan fingerprint density at radius 1 is 1.50 bits per heavy atom. The van der Waals surface area contributed by atoms with Crippen LogP contribution in [-0.2, 0) is 11.2 Å². The van der Waals surface area contributed by atoms with E-state index in [1.807, 2.05) is 13.0 Å². The van der Waals surface area contributed by atoms with Crippen molar-refractivity contribution in [3.8, 4) is 0 Å². The SMILES string of the molecule is C=CC(C)NC(=O)c1ccc2c(c1)CCC(=O)N2. The first-order chi connectivity index (χ1) is 8.60. The number of anilines is 1. The molecule has 0 saturated heterocycles. The van der Waals surface area contributed by atoms with Crippen molar-refractivity contribution in [3.05, 3.63) is 42.0 Å². The van der Waals surface area contributed by atoms with Gasteiger partial charge in [0.05, 0.1) is 0 Å². The fourth-order valence-electron chi connectivity index (χ4n) is 1.87. The summed E-state index contributed by atoms with van der Waals surface area (Å²) >= 11 is 0. The van der Waals surface area contributed by atoms with E-state index in [1.54, 1.807) is 18.2 Å². The summed E-state index contributed by atoms with van der Waals surface area (Å²) < 4.78 is 0.